The lowest BCUT2D eigenvalue weighted by atomic mass is 10.2. The number of primary sulfonamides is 1. The molecule has 4 N–H and O–H groups in total. The summed E-state index contributed by atoms with van der Waals surface area (Å²) >= 11 is 0. The van der Waals surface area contributed by atoms with E-state index >= 15 is 0 Å². The maximum Gasteiger partial charge on any atom is 0.274 e. The monoisotopic (exact) mass is 216 g/mol. The fourth-order valence-corrected chi connectivity index (χ4v) is 1.44. The SMILES string of the molecule is NS(=O)(=O)c1cccc(C(=O)NO)c1. The number of hydroxylamine groups is 1. The van der Waals surface area contributed by atoms with E-state index in [0.29, 0.717) is 0 Å². The van der Waals surface area contributed by atoms with Crippen LogP contribution in [-0.4, -0.2) is 19.5 Å². The highest BCUT2D eigenvalue weighted by atomic mass is 32.2. The first-order chi connectivity index (χ1) is 6.45. The van der Waals surface area contributed by atoms with E-state index in [0.717, 1.165) is 6.07 Å². The Bertz CT molecular complexity index is 455. The minimum Gasteiger partial charge on any atom is -0.288 e. The maximum absolute atomic E-state index is 10.9. The van der Waals surface area contributed by atoms with Crippen molar-refractivity contribution in [2.24, 2.45) is 5.14 Å². The minimum absolute atomic E-state index is 0.0130. The topological polar surface area (TPSA) is 109 Å². The summed E-state index contributed by atoms with van der Waals surface area (Å²) in [5, 5.41) is 13.1. The third-order valence-electron chi connectivity index (χ3n) is 1.53. The van der Waals surface area contributed by atoms with E-state index in [1.165, 1.54) is 23.7 Å². The van der Waals surface area contributed by atoms with Crippen molar-refractivity contribution < 1.29 is 18.4 Å². The number of hydrogen-bond acceptors (Lipinski definition) is 4. The van der Waals surface area contributed by atoms with E-state index in [-0.39, 0.29) is 10.5 Å². The molecule has 0 saturated carbocycles. The molecule has 1 aromatic rings. The average Bonchev–Trinajstić information content (AvgIpc) is 2.15. The van der Waals surface area contributed by atoms with Gasteiger partial charge in [0.1, 0.15) is 0 Å². The molecule has 0 aliphatic heterocycles. The van der Waals surface area contributed by atoms with Gasteiger partial charge in [-0.05, 0) is 18.2 Å². The molecule has 0 atom stereocenters. The van der Waals surface area contributed by atoms with E-state index in [1.54, 1.807) is 0 Å². The quantitative estimate of drug-likeness (QED) is 0.455. The van der Waals surface area contributed by atoms with Crippen LogP contribution in [-0.2, 0) is 10.0 Å². The third-order valence-corrected chi connectivity index (χ3v) is 2.44. The van der Waals surface area contributed by atoms with Gasteiger partial charge in [0, 0.05) is 5.56 Å². The molecule has 0 aliphatic carbocycles. The Morgan fingerprint density at radius 2 is 2.07 bits per heavy atom. The van der Waals surface area contributed by atoms with Gasteiger partial charge >= 0.3 is 0 Å². The van der Waals surface area contributed by atoms with Gasteiger partial charge in [-0.3, -0.25) is 10.0 Å². The molecule has 14 heavy (non-hydrogen) atoms. The number of carbonyl (C=O) groups is 1. The fourth-order valence-electron chi connectivity index (χ4n) is 0.879. The number of rotatable bonds is 2. The molecule has 0 bridgehead atoms. The number of sulfonamides is 1. The predicted molar refractivity (Wildman–Crippen MR) is 47.1 cm³/mol. The van der Waals surface area contributed by atoms with Gasteiger partial charge < -0.3 is 0 Å². The molecule has 0 radical (unpaired) electrons. The van der Waals surface area contributed by atoms with Crippen molar-refractivity contribution in [3.05, 3.63) is 29.8 Å². The predicted octanol–water partition coefficient (Wildman–Crippen LogP) is -0.547. The molecule has 0 saturated heterocycles. The van der Waals surface area contributed by atoms with Crippen molar-refractivity contribution in [3.63, 3.8) is 0 Å². The number of benzene rings is 1. The first-order valence-electron chi connectivity index (χ1n) is 3.52. The highest BCUT2D eigenvalue weighted by Gasteiger charge is 2.10. The molecular formula is C7H8N2O4S. The van der Waals surface area contributed by atoms with Gasteiger partial charge in [0.25, 0.3) is 5.91 Å². The Hall–Kier alpha value is -1.44. The van der Waals surface area contributed by atoms with Crippen LogP contribution in [0.3, 0.4) is 0 Å². The van der Waals surface area contributed by atoms with Crippen LogP contribution in [0.1, 0.15) is 10.4 Å². The minimum atomic E-state index is -3.83. The zero-order valence-electron chi connectivity index (χ0n) is 6.97. The normalized spacial score (nSPS) is 11.0. The zero-order chi connectivity index (χ0) is 10.8. The molecule has 0 aromatic heterocycles. The van der Waals surface area contributed by atoms with Crippen molar-refractivity contribution in [1.82, 2.24) is 5.48 Å². The average molecular weight is 216 g/mol. The zero-order valence-corrected chi connectivity index (χ0v) is 7.78. The highest BCUT2D eigenvalue weighted by Crippen LogP contribution is 2.09. The standard InChI is InChI=1S/C7H8N2O4S/c8-14(12,13)6-3-1-2-5(4-6)7(10)9-11/h1-4,11H,(H,9,10)(H2,8,12,13). The summed E-state index contributed by atoms with van der Waals surface area (Å²) in [7, 11) is -3.83. The van der Waals surface area contributed by atoms with Crippen molar-refractivity contribution in [1.29, 1.82) is 0 Å². The molecule has 1 amide bonds. The Morgan fingerprint density at radius 1 is 1.43 bits per heavy atom. The van der Waals surface area contributed by atoms with Crippen LogP contribution in [0.2, 0.25) is 0 Å². The second-order valence-electron chi connectivity index (χ2n) is 2.51. The lowest BCUT2D eigenvalue weighted by Gasteiger charge is -2.01. The first kappa shape index (κ1) is 10.6. The summed E-state index contributed by atoms with van der Waals surface area (Å²) in [6.07, 6.45) is 0. The molecule has 1 aromatic carbocycles. The van der Waals surface area contributed by atoms with Gasteiger partial charge in [-0.1, -0.05) is 6.07 Å². The summed E-state index contributed by atoms with van der Waals surface area (Å²) in [4.78, 5) is 10.7. The van der Waals surface area contributed by atoms with Crippen LogP contribution in [0, 0.1) is 0 Å². The number of amides is 1. The molecule has 0 aliphatic rings. The lowest BCUT2D eigenvalue weighted by molar-refractivity contribution is 0.0706. The molecule has 6 nitrogen and oxygen atoms in total. The second-order valence-corrected chi connectivity index (χ2v) is 4.08. The number of nitrogens with two attached hydrogens (primary N) is 1. The van der Waals surface area contributed by atoms with E-state index in [1.807, 2.05) is 0 Å². The fraction of sp³-hybridized carbons (Fsp3) is 0. The van der Waals surface area contributed by atoms with Crippen molar-refractivity contribution in [2.45, 2.75) is 4.90 Å². The summed E-state index contributed by atoms with van der Waals surface area (Å²) in [6.45, 7) is 0. The molecule has 0 heterocycles. The third kappa shape index (κ3) is 2.28. The van der Waals surface area contributed by atoms with Crippen molar-refractivity contribution >= 4 is 15.9 Å². The van der Waals surface area contributed by atoms with E-state index in [9.17, 15) is 13.2 Å². The number of nitrogens with one attached hydrogen (secondary N) is 1. The molecule has 7 heteroatoms. The van der Waals surface area contributed by atoms with E-state index < -0.39 is 15.9 Å². The summed E-state index contributed by atoms with van der Waals surface area (Å²) in [6, 6.07) is 5.02. The lowest BCUT2D eigenvalue weighted by Crippen LogP contribution is -2.19. The summed E-state index contributed by atoms with van der Waals surface area (Å²) in [5.74, 6) is -0.796. The Labute approximate surface area is 80.4 Å². The largest absolute Gasteiger partial charge is 0.288 e. The van der Waals surface area contributed by atoms with Gasteiger partial charge in [-0.2, -0.15) is 0 Å². The molecule has 0 unspecified atom stereocenters. The van der Waals surface area contributed by atoms with E-state index in [2.05, 4.69) is 0 Å². The van der Waals surface area contributed by atoms with Crippen molar-refractivity contribution in [2.75, 3.05) is 0 Å². The Kier molecular flexibility index (Phi) is 2.84. The van der Waals surface area contributed by atoms with Gasteiger partial charge in [0.15, 0.2) is 0 Å². The summed E-state index contributed by atoms with van der Waals surface area (Å²) < 4.78 is 21.8. The van der Waals surface area contributed by atoms with E-state index in [4.69, 9.17) is 10.3 Å². The Morgan fingerprint density at radius 3 is 2.57 bits per heavy atom. The van der Waals surface area contributed by atoms with Gasteiger partial charge in [-0.15, -0.1) is 0 Å². The van der Waals surface area contributed by atoms with Gasteiger partial charge in [0.2, 0.25) is 10.0 Å². The first-order valence-corrected chi connectivity index (χ1v) is 5.07. The van der Waals surface area contributed by atoms with Gasteiger partial charge in [0.05, 0.1) is 4.90 Å². The molecular weight excluding hydrogens is 208 g/mol. The van der Waals surface area contributed by atoms with Crippen LogP contribution in [0.25, 0.3) is 0 Å². The number of carbonyl (C=O) groups excluding carboxylic acids is 1. The smallest absolute Gasteiger partial charge is 0.274 e. The molecule has 0 spiro atoms. The Balaban J connectivity index is 3.21. The van der Waals surface area contributed by atoms with Crippen LogP contribution in [0.5, 0.6) is 0 Å². The maximum atomic E-state index is 10.9. The number of hydrogen-bond donors (Lipinski definition) is 3. The van der Waals surface area contributed by atoms with Crippen LogP contribution in [0.4, 0.5) is 0 Å². The van der Waals surface area contributed by atoms with Crippen LogP contribution in [0.15, 0.2) is 29.2 Å². The molecule has 1 rings (SSSR count). The molecule has 0 fully saturated rings. The van der Waals surface area contributed by atoms with Crippen LogP contribution >= 0.6 is 0 Å². The second kappa shape index (κ2) is 3.74. The molecule has 76 valence electrons. The highest BCUT2D eigenvalue weighted by molar-refractivity contribution is 7.89. The van der Waals surface area contributed by atoms with Crippen molar-refractivity contribution in [3.8, 4) is 0 Å². The van der Waals surface area contributed by atoms with Crippen LogP contribution < -0.4 is 10.6 Å². The van der Waals surface area contributed by atoms with Gasteiger partial charge in [-0.25, -0.2) is 19.0 Å². The summed E-state index contributed by atoms with van der Waals surface area (Å²) in [5.41, 5.74) is 1.40.